The predicted molar refractivity (Wildman–Crippen MR) is 83.5 cm³/mol. The number of rotatable bonds is 1. The van der Waals surface area contributed by atoms with Crippen LogP contribution in [-0.2, 0) is 0 Å². The first-order valence-corrected chi connectivity index (χ1v) is 7.01. The number of benzene rings is 2. The fourth-order valence-electron chi connectivity index (χ4n) is 2.52. The fourth-order valence-corrected chi connectivity index (χ4v) is 2.52. The van der Waals surface area contributed by atoms with Gasteiger partial charge in [0.25, 0.3) is 0 Å². The summed E-state index contributed by atoms with van der Waals surface area (Å²) < 4.78 is 0. The number of hydrogen-bond donors (Lipinski definition) is 0. The van der Waals surface area contributed by atoms with Crippen molar-refractivity contribution in [3.05, 3.63) is 47.0 Å². The number of hydrogen-bond acceptors (Lipinski definition) is 0. The highest BCUT2D eigenvalue weighted by molar-refractivity contribution is 5.90. The third-order valence-corrected chi connectivity index (χ3v) is 3.08. The maximum absolute atomic E-state index is 2.30. The minimum absolute atomic E-state index is 0.593. The first-order chi connectivity index (χ1) is 8.52. The molecule has 0 atom stereocenters. The van der Waals surface area contributed by atoms with Crippen molar-refractivity contribution in [1.29, 1.82) is 0 Å². The van der Waals surface area contributed by atoms with E-state index in [9.17, 15) is 0 Å². The van der Waals surface area contributed by atoms with E-state index in [1.807, 2.05) is 0 Å². The molecule has 98 valence electrons. The van der Waals surface area contributed by atoms with Gasteiger partial charge in [-0.2, -0.15) is 0 Å². The molecule has 0 saturated heterocycles. The molecule has 0 unspecified atom stereocenters. The van der Waals surface area contributed by atoms with Gasteiger partial charge in [-0.1, -0.05) is 64.4 Å². The lowest BCUT2D eigenvalue weighted by molar-refractivity contribution is 0.866. The molecule has 2 aromatic rings. The van der Waals surface area contributed by atoms with Crippen molar-refractivity contribution >= 4 is 10.8 Å². The molecule has 0 saturated carbocycles. The van der Waals surface area contributed by atoms with Crippen molar-refractivity contribution < 1.29 is 0 Å². The van der Waals surface area contributed by atoms with Crippen molar-refractivity contribution in [3.63, 3.8) is 0 Å². The van der Waals surface area contributed by atoms with Crippen LogP contribution in [0.4, 0.5) is 0 Å². The Labute approximate surface area is 112 Å². The molecule has 2 aromatic carbocycles. The Morgan fingerprint density at radius 1 is 0.889 bits per heavy atom. The Morgan fingerprint density at radius 2 is 1.39 bits per heavy atom. The lowest BCUT2D eigenvalue weighted by Gasteiger charge is -2.15. The van der Waals surface area contributed by atoms with Gasteiger partial charge in [-0.15, -0.1) is 0 Å². The molecule has 0 aliphatic carbocycles. The summed E-state index contributed by atoms with van der Waals surface area (Å²) in [6.07, 6.45) is 1.25. The van der Waals surface area contributed by atoms with Gasteiger partial charge in [-0.05, 0) is 47.2 Å². The molecular formula is C18H26. The highest BCUT2D eigenvalue weighted by atomic mass is 14.1. The van der Waals surface area contributed by atoms with Crippen LogP contribution in [0.1, 0.15) is 56.7 Å². The molecule has 0 radical (unpaired) electrons. The summed E-state index contributed by atoms with van der Waals surface area (Å²) in [5.74, 6) is 0.593. The SMILES string of the molecule is CCC.Cc1cc(C)c2ccccc2c1C(C)C. The molecule has 0 heteroatoms. The number of aryl methyl sites for hydroxylation is 2. The zero-order valence-corrected chi connectivity index (χ0v) is 12.7. The lowest BCUT2D eigenvalue weighted by atomic mass is 9.89. The van der Waals surface area contributed by atoms with Crippen LogP contribution < -0.4 is 0 Å². The first kappa shape index (κ1) is 14.8. The van der Waals surface area contributed by atoms with Gasteiger partial charge in [0.1, 0.15) is 0 Å². The molecule has 0 aromatic heterocycles. The minimum Gasteiger partial charge on any atom is -0.0656 e. The van der Waals surface area contributed by atoms with Gasteiger partial charge >= 0.3 is 0 Å². The van der Waals surface area contributed by atoms with Gasteiger partial charge in [0, 0.05) is 0 Å². The molecule has 2 rings (SSSR count). The summed E-state index contributed by atoms with van der Waals surface area (Å²) >= 11 is 0. The van der Waals surface area contributed by atoms with Crippen LogP contribution in [0.2, 0.25) is 0 Å². The van der Waals surface area contributed by atoms with E-state index in [1.54, 1.807) is 0 Å². The predicted octanol–water partition coefficient (Wildman–Crippen LogP) is 6.00. The normalized spacial score (nSPS) is 10.4. The van der Waals surface area contributed by atoms with E-state index in [0.717, 1.165) is 0 Å². The van der Waals surface area contributed by atoms with E-state index in [2.05, 4.69) is 71.9 Å². The summed E-state index contributed by atoms with van der Waals surface area (Å²) in [6.45, 7) is 13.2. The smallest absolute Gasteiger partial charge is 0.0144 e. The molecule has 0 amide bonds. The maximum Gasteiger partial charge on any atom is -0.0144 e. The molecule has 0 bridgehead atoms. The molecule has 0 nitrogen and oxygen atoms in total. The largest absolute Gasteiger partial charge is 0.0656 e. The van der Waals surface area contributed by atoms with Crippen LogP contribution >= 0.6 is 0 Å². The van der Waals surface area contributed by atoms with Crippen molar-refractivity contribution in [2.75, 3.05) is 0 Å². The Morgan fingerprint density at radius 3 is 1.89 bits per heavy atom. The van der Waals surface area contributed by atoms with Crippen LogP contribution in [0.15, 0.2) is 30.3 Å². The van der Waals surface area contributed by atoms with Gasteiger partial charge in [-0.3, -0.25) is 0 Å². The average molecular weight is 242 g/mol. The van der Waals surface area contributed by atoms with Gasteiger partial charge < -0.3 is 0 Å². The van der Waals surface area contributed by atoms with E-state index in [1.165, 1.54) is 33.9 Å². The van der Waals surface area contributed by atoms with Gasteiger partial charge in [0.05, 0.1) is 0 Å². The standard InChI is InChI=1S/C15H18.C3H8/c1-10(2)15-12(4)9-11(3)13-7-5-6-8-14(13)15;1-3-2/h5-10H,1-4H3;3H2,1-2H3. The van der Waals surface area contributed by atoms with E-state index in [0.29, 0.717) is 5.92 Å². The Kier molecular flexibility index (Phi) is 5.40. The zero-order valence-electron chi connectivity index (χ0n) is 12.7. The molecule has 0 aliphatic heterocycles. The van der Waals surface area contributed by atoms with Gasteiger partial charge in [0.15, 0.2) is 0 Å². The number of fused-ring (bicyclic) bond motifs is 1. The summed E-state index contributed by atoms with van der Waals surface area (Å²) in [5.41, 5.74) is 4.30. The lowest BCUT2D eigenvalue weighted by Crippen LogP contribution is -1.95. The quantitative estimate of drug-likeness (QED) is 0.575. The Balaban J connectivity index is 0.000000492. The van der Waals surface area contributed by atoms with E-state index < -0.39 is 0 Å². The summed E-state index contributed by atoms with van der Waals surface area (Å²) in [4.78, 5) is 0. The fraction of sp³-hybridized carbons (Fsp3) is 0.444. The van der Waals surface area contributed by atoms with Crippen LogP contribution in [0, 0.1) is 13.8 Å². The molecule has 0 aliphatic rings. The van der Waals surface area contributed by atoms with Crippen LogP contribution in [0.3, 0.4) is 0 Å². The second-order valence-electron chi connectivity index (χ2n) is 5.33. The highest BCUT2D eigenvalue weighted by Gasteiger charge is 2.09. The van der Waals surface area contributed by atoms with Crippen molar-refractivity contribution in [2.24, 2.45) is 0 Å². The Hall–Kier alpha value is -1.30. The highest BCUT2D eigenvalue weighted by Crippen LogP contribution is 2.30. The van der Waals surface area contributed by atoms with E-state index in [4.69, 9.17) is 0 Å². The Bertz CT molecular complexity index is 507. The molecule has 0 heterocycles. The molecule has 0 spiro atoms. The summed E-state index contributed by atoms with van der Waals surface area (Å²) in [6, 6.07) is 11.0. The zero-order chi connectivity index (χ0) is 13.7. The monoisotopic (exact) mass is 242 g/mol. The van der Waals surface area contributed by atoms with E-state index >= 15 is 0 Å². The molecule has 18 heavy (non-hydrogen) atoms. The van der Waals surface area contributed by atoms with Crippen molar-refractivity contribution in [2.45, 2.75) is 53.9 Å². The topological polar surface area (TPSA) is 0 Å². The second kappa shape index (κ2) is 6.58. The van der Waals surface area contributed by atoms with Crippen LogP contribution in [0.5, 0.6) is 0 Å². The third-order valence-electron chi connectivity index (χ3n) is 3.08. The van der Waals surface area contributed by atoms with Gasteiger partial charge in [-0.25, -0.2) is 0 Å². The van der Waals surface area contributed by atoms with Crippen LogP contribution in [-0.4, -0.2) is 0 Å². The average Bonchev–Trinajstić information content (AvgIpc) is 2.29. The van der Waals surface area contributed by atoms with Crippen LogP contribution in [0.25, 0.3) is 10.8 Å². The van der Waals surface area contributed by atoms with E-state index in [-0.39, 0.29) is 0 Å². The van der Waals surface area contributed by atoms with Crippen molar-refractivity contribution in [1.82, 2.24) is 0 Å². The maximum atomic E-state index is 2.30. The summed E-state index contributed by atoms with van der Waals surface area (Å²) in [5, 5.41) is 2.82. The molecule has 0 N–H and O–H groups in total. The minimum atomic E-state index is 0.593. The summed E-state index contributed by atoms with van der Waals surface area (Å²) in [7, 11) is 0. The molecule has 0 fully saturated rings. The molecular weight excluding hydrogens is 216 g/mol. The second-order valence-corrected chi connectivity index (χ2v) is 5.33. The third kappa shape index (κ3) is 3.13. The van der Waals surface area contributed by atoms with Gasteiger partial charge in [0.2, 0.25) is 0 Å². The first-order valence-electron chi connectivity index (χ1n) is 7.01. The van der Waals surface area contributed by atoms with Crippen molar-refractivity contribution in [3.8, 4) is 0 Å².